The lowest BCUT2D eigenvalue weighted by Crippen LogP contribution is -2.37. The van der Waals surface area contributed by atoms with Crippen molar-refractivity contribution < 1.29 is 27.5 Å². The first-order chi connectivity index (χ1) is 17.5. The highest BCUT2D eigenvalue weighted by atomic mass is 35.5. The molecule has 37 heavy (non-hydrogen) atoms. The second-order valence-electron chi connectivity index (χ2n) is 8.20. The fraction of sp³-hybridized carbons (Fsp3) is 0.348. The van der Waals surface area contributed by atoms with Gasteiger partial charge in [-0.3, -0.25) is 9.59 Å². The number of nitrogens with one attached hydrogen (secondary N) is 1. The molecule has 1 amide bonds. The van der Waals surface area contributed by atoms with Gasteiger partial charge in [0.2, 0.25) is 0 Å². The molecule has 0 aliphatic carbocycles. The van der Waals surface area contributed by atoms with Crippen LogP contribution in [0.1, 0.15) is 50.0 Å². The van der Waals surface area contributed by atoms with Crippen LogP contribution in [0.15, 0.2) is 30.7 Å². The van der Waals surface area contributed by atoms with Crippen LogP contribution in [-0.4, -0.2) is 52.9 Å². The predicted octanol–water partition coefficient (Wildman–Crippen LogP) is 5.72. The molecule has 0 spiro atoms. The van der Waals surface area contributed by atoms with Gasteiger partial charge in [0.05, 0.1) is 35.0 Å². The molecule has 1 saturated heterocycles. The minimum atomic E-state index is -4.66. The van der Waals surface area contributed by atoms with Crippen LogP contribution < -0.4 is 10.2 Å². The summed E-state index contributed by atoms with van der Waals surface area (Å²) in [5.41, 5.74) is -1.01. The van der Waals surface area contributed by atoms with Gasteiger partial charge in [0.15, 0.2) is 11.6 Å². The number of carbonyl (C=O) groups is 2. The van der Waals surface area contributed by atoms with Crippen molar-refractivity contribution in [2.24, 2.45) is 0 Å². The largest absolute Gasteiger partial charge is 0.417 e. The number of hydrogen-bond donors (Lipinski definition) is 1. The molecule has 14 heteroatoms. The van der Waals surface area contributed by atoms with Gasteiger partial charge in [-0.15, -0.1) is 11.3 Å². The second-order valence-corrected chi connectivity index (χ2v) is 10.0. The van der Waals surface area contributed by atoms with E-state index < -0.39 is 22.7 Å². The molecule has 8 nitrogen and oxygen atoms in total. The molecule has 1 aliphatic heterocycles. The van der Waals surface area contributed by atoms with Gasteiger partial charge >= 0.3 is 6.18 Å². The first-order valence-electron chi connectivity index (χ1n) is 11.0. The van der Waals surface area contributed by atoms with Crippen LogP contribution in [0.2, 0.25) is 10.0 Å². The predicted molar refractivity (Wildman–Crippen MR) is 134 cm³/mol. The van der Waals surface area contributed by atoms with Gasteiger partial charge in [-0.1, -0.05) is 30.1 Å². The molecular formula is C23H20Cl2F3N5O3S. The lowest BCUT2D eigenvalue weighted by molar-refractivity contribution is -0.137. The summed E-state index contributed by atoms with van der Waals surface area (Å²) in [6.07, 6.45) is -2.03. The molecule has 1 N–H and O–H groups in total. The summed E-state index contributed by atoms with van der Waals surface area (Å²) in [6.45, 7) is 4.02. The summed E-state index contributed by atoms with van der Waals surface area (Å²) in [5, 5.41) is 2.62. The van der Waals surface area contributed by atoms with Gasteiger partial charge in [0, 0.05) is 31.1 Å². The van der Waals surface area contributed by atoms with Crippen molar-refractivity contribution >= 4 is 57.7 Å². The SMILES string of the molecule is CC(CC(=O)c1ncnc(N2CCOCC2)c1Cl)c1ncc(C(=O)Nc2ccc(Cl)c(C(F)(F)F)c2)s1. The van der Waals surface area contributed by atoms with Crippen LogP contribution in [0.3, 0.4) is 0 Å². The van der Waals surface area contributed by atoms with Crippen molar-refractivity contribution in [3.05, 3.63) is 61.9 Å². The molecule has 1 atom stereocenters. The van der Waals surface area contributed by atoms with Crippen LogP contribution in [-0.2, 0) is 10.9 Å². The Morgan fingerprint density at radius 1 is 1.19 bits per heavy atom. The Bertz CT molecular complexity index is 1320. The Kier molecular flexibility index (Phi) is 8.32. The molecule has 0 saturated carbocycles. The molecule has 0 bridgehead atoms. The van der Waals surface area contributed by atoms with Crippen molar-refractivity contribution in [1.29, 1.82) is 0 Å². The molecule has 1 aromatic carbocycles. The minimum absolute atomic E-state index is 0.0278. The first-order valence-corrected chi connectivity index (χ1v) is 12.6. The number of ether oxygens (including phenoxy) is 1. The topological polar surface area (TPSA) is 97.3 Å². The molecule has 3 heterocycles. The summed E-state index contributed by atoms with van der Waals surface area (Å²) in [6, 6.07) is 3.10. The lowest BCUT2D eigenvalue weighted by Gasteiger charge is -2.28. The number of anilines is 2. The number of aromatic nitrogens is 3. The zero-order valence-corrected chi connectivity index (χ0v) is 21.6. The van der Waals surface area contributed by atoms with Crippen LogP contribution in [0.5, 0.6) is 0 Å². The van der Waals surface area contributed by atoms with E-state index in [2.05, 4.69) is 20.3 Å². The van der Waals surface area contributed by atoms with E-state index in [9.17, 15) is 22.8 Å². The number of alkyl halides is 3. The van der Waals surface area contributed by atoms with E-state index in [1.165, 1.54) is 18.6 Å². The van der Waals surface area contributed by atoms with E-state index >= 15 is 0 Å². The van der Waals surface area contributed by atoms with Gasteiger partial charge in [-0.05, 0) is 18.2 Å². The second kappa shape index (κ2) is 11.3. The summed E-state index contributed by atoms with van der Waals surface area (Å²) in [7, 11) is 0. The third-order valence-electron chi connectivity index (χ3n) is 5.54. The van der Waals surface area contributed by atoms with Crippen molar-refractivity contribution in [3.63, 3.8) is 0 Å². The zero-order valence-electron chi connectivity index (χ0n) is 19.3. The number of amides is 1. The van der Waals surface area contributed by atoms with Crippen LogP contribution in [0.4, 0.5) is 24.7 Å². The number of carbonyl (C=O) groups excluding carboxylic acids is 2. The third-order valence-corrected chi connectivity index (χ3v) is 7.44. The number of hydrogen-bond acceptors (Lipinski definition) is 8. The molecular weight excluding hydrogens is 554 g/mol. The molecule has 3 aromatic rings. The van der Waals surface area contributed by atoms with Gasteiger partial charge in [-0.25, -0.2) is 15.0 Å². The van der Waals surface area contributed by atoms with Crippen LogP contribution in [0, 0.1) is 0 Å². The van der Waals surface area contributed by atoms with E-state index in [-0.39, 0.29) is 39.4 Å². The Labute approximate surface area is 223 Å². The number of ketones is 1. The summed E-state index contributed by atoms with van der Waals surface area (Å²) in [5.74, 6) is -0.840. The number of rotatable bonds is 7. The van der Waals surface area contributed by atoms with Crippen LogP contribution >= 0.6 is 34.5 Å². The standard InChI is InChI=1S/C23H20Cl2F3N5O3S/c1-12(8-16(34)19-18(25)20(31-11-30-19)33-4-6-36-7-5-33)22-29-10-17(37-22)21(35)32-13-2-3-15(24)14(9-13)23(26,27)28/h2-3,9-12H,4-8H2,1H3,(H,32,35). The van der Waals surface area contributed by atoms with E-state index in [0.717, 1.165) is 23.5 Å². The van der Waals surface area contributed by atoms with Gasteiger partial charge in [0.25, 0.3) is 5.91 Å². The van der Waals surface area contributed by atoms with E-state index in [1.54, 1.807) is 6.92 Å². The minimum Gasteiger partial charge on any atom is -0.378 e. The van der Waals surface area contributed by atoms with E-state index in [4.69, 9.17) is 27.9 Å². The van der Waals surface area contributed by atoms with Crippen molar-refractivity contribution in [3.8, 4) is 0 Å². The summed E-state index contributed by atoms with van der Waals surface area (Å²) < 4.78 is 44.6. The normalized spacial score (nSPS) is 14.9. The number of thiazole rings is 1. The molecule has 196 valence electrons. The third kappa shape index (κ3) is 6.38. The number of halogens is 5. The number of Topliss-reactive ketones (excluding diaryl/α,β-unsaturated/α-hetero) is 1. The highest BCUT2D eigenvalue weighted by molar-refractivity contribution is 7.13. The Morgan fingerprint density at radius 3 is 2.62 bits per heavy atom. The van der Waals surface area contributed by atoms with Crippen molar-refractivity contribution in [2.75, 3.05) is 36.5 Å². The molecule has 0 radical (unpaired) electrons. The highest BCUT2D eigenvalue weighted by Crippen LogP contribution is 2.36. The zero-order chi connectivity index (χ0) is 26.7. The number of nitrogens with zero attached hydrogens (tertiary/aromatic N) is 4. The van der Waals surface area contributed by atoms with E-state index in [1.807, 2.05) is 4.90 Å². The lowest BCUT2D eigenvalue weighted by atomic mass is 10.0. The smallest absolute Gasteiger partial charge is 0.378 e. The number of morpholine rings is 1. The first kappa shape index (κ1) is 27.2. The maximum atomic E-state index is 13.1. The Hall–Kier alpha value is -2.80. The average Bonchev–Trinajstić information content (AvgIpc) is 3.36. The summed E-state index contributed by atoms with van der Waals surface area (Å²) >= 11 is 13.1. The van der Waals surface area contributed by atoms with Crippen molar-refractivity contribution in [1.82, 2.24) is 15.0 Å². The average molecular weight is 574 g/mol. The Balaban J connectivity index is 1.43. The fourth-order valence-electron chi connectivity index (χ4n) is 3.65. The molecule has 4 rings (SSSR count). The number of benzene rings is 1. The maximum absolute atomic E-state index is 13.1. The maximum Gasteiger partial charge on any atom is 0.417 e. The fourth-order valence-corrected chi connectivity index (χ4v) is 5.06. The Morgan fingerprint density at radius 2 is 1.92 bits per heavy atom. The summed E-state index contributed by atoms with van der Waals surface area (Å²) in [4.78, 5) is 40.2. The molecule has 2 aromatic heterocycles. The molecule has 1 fully saturated rings. The van der Waals surface area contributed by atoms with Gasteiger partial charge in [-0.2, -0.15) is 13.2 Å². The van der Waals surface area contributed by atoms with E-state index in [0.29, 0.717) is 37.1 Å². The highest BCUT2D eigenvalue weighted by Gasteiger charge is 2.33. The molecule has 1 unspecified atom stereocenters. The van der Waals surface area contributed by atoms with Gasteiger partial charge in [0.1, 0.15) is 21.9 Å². The molecule has 1 aliphatic rings. The monoisotopic (exact) mass is 573 g/mol. The van der Waals surface area contributed by atoms with Crippen LogP contribution in [0.25, 0.3) is 0 Å². The van der Waals surface area contributed by atoms with Crippen molar-refractivity contribution in [2.45, 2.75) is 25.4 Å². The quantitative estimate of drug-likeness (QED) is 0.361. The van der Waals surface area contributed by atoms with Gasteiger partial charge < -0.3 is 15.0 Å².